The van der Waals surface area contributed by atoms with Crippen molar-refractivity contribution in [3.05, 3.63) is 25.1 Å². The molecule has 11 heavy (non-hydrogen) atoms. The Labute approximate surface area is 68.3 Å². The number of hydrogen-bond acceptors (Lipinski definition) is 1. The Morgan fingerprint density at radius 3 is 2.91 bits per heavy atom. The highest BCUT2D eigenvalue weighted by Gasteiger charge is 2.04. The third-order valence-corrected chi connectivity index (χ3v) is 1.66. The Morgan fingerprint density at radius 2 is 2.36 bits per heavy atom. The van der Waals surface area contributed by atoms with E-state index in [0.29, 0.717) is 5.92 Å². The molecule has 0 fully saturated rings. The van der Waals surface area contributed by atoms with Crippen LogP contribution in [0.25, 0.3) is 0 Å². The van der Waals surface area contributed by atoms with Gasteiger partial charge in [0.1, 0.15) is 5.82 Å². The molecule has 0 saturated heterocycles. The van der Waals surface area contributed by atoms with E-state index in [1.54, 1.807) is 0 Å². The van der Waals surface area contributed by atoms with E-state index in [9.17, 15) is 0 Å². The normalized spacial score (nSPS) is 10.9. The summed E-state index contributed by atoms with van der Waals surface area (Å²) >= 11 is 0. The maximum atomic E-state index is 4.27. The monoisotopic (exact) mass is 151 g/mol. The minimum atomic E-state index is 0.511. The Kier molecular flexibility index (Phi) is 2.69. The number of nitrogens with zero attached hydrogens (tertiary/aromatic N) is 2. The molecule has 1 aromatic rings. The molecule has 0 atom stereocenters. The minimum Gasteiger partial charge on any atom is -0.335 e. The second-order valence-electron chi connectivity index (χ2n) is 2.99. The molecule has 61 valence electrons. The minimum absolute atomic E-state index is 0.511. The zero-order valence-corrected chi connectivity index (χ0v) is 7.25. The highest BCUT2D eigenvalue weighted by atomic mass is 15.1. The number of rotatable bonds is 3. The van der Waals surface area contributed by atoms with Crippen LogP contribution in [0.2, 0.25) is 0 Å². The summed E-state index contributed by atoms with van der Waals surface area (Å²) in [6.07, 6.45) is 4.79. The molecule has 0 saturated carbocycles. The van der Waals surface area contributed by atoms with Gasteiger partial charge in [-0.25, -0.2) is 4.98 Å². The van der Waals surface area contributed by atoms with E-state index in [1.165, 1.54) is 0 Å². The van der Waals surface area contributed by atoms with Gasteiger partial charge in [-0.05, 0) is 6.42 Å². The number of aryl methyl sites for hydroxylation is 1. The summed E-state index contributed by atoms with van der Waals surface area (Å²) in [6.45, 7) is 9.10. The first-order valence-electron chi connectivity index (χ1n) is 4.06. The lowest BCUT2D eigenvalue weighted by molar-refractivity contribution is 0.625. The topological polar surface area (TPSA) is 17.8 Å². The summed E-state index contributed by atoms with van der Waals surface area (Å²) in [5, 5.41) is 0. The molecule has 2 heteroatoms. The van der Waals surface area contributed by atoms with E-state index in [1.807, 2.05) is 12.4 Å². The van der Waals surface area contributed by atoms with E-state index < -0.39 is 0 Å². The predicted octanol–water partition coefficient (Wildman–Crippen LogP) is 2.23. The number of imidazole rings is 1. The van der Waals surface area contributed by atoms with Crippen LogP contribution in [0.15, 0.2) is 12.4 Å². The van der Waals surface area contributed by atoms with Crippen molar-refractivity contribution in [3.8, 4) is 0 Å². The number of aromatic nitrogens is 2. The van der Waals surface area contributed by atoms with Crippen LogP contribution >= 0.6 is 0 Å². The molecule has 0 aliphatic heterocycles. The predicted molar refractivity (Wildman–Crippen MR) is 46.3 cm³/mol. The maximum absolute atomic E-state index is 4.27. The molecule has 0 unspecified atom stereocenters. The molecule has 0 N–H and O–H groups in total. The van der Waals surface area contributed by atoms with Crippen molar-refractivity contribution in [2.24, 2.45) is 0 Å². The SMILES string of the molecule is [CH2]CCn1ccnc1C(C)C. The summed E-state index contributed by atoms with van der Waals surface area (Å²) < 4.78 is 2.16. The van der Waals surface area contributed by atoms with Gasteiger partial charge >= 0.3 is 0 Å². The van der Waals surface area contributed by atoms with E-state index in [4.69, 9.17) is 0 Å². The fourth-order valence-corrected chi connectivity index (χ4v) is 1.18. The molecule has 1 radical (unpaired) electrons. The second-order valence-corrected chi connectivity index (χ2v) is 2.99. The van der Waals surface area contributed by atoms with Gasteiger partial charge in [0.25, 0.3) is 0 Å². The number of hydrogen-bond donors (Lipinski definition) is 0. The largest absolute Gasteiger partial charge is 0.335 e. The van der Waals surface area contributed by atoms with Gasteiger partial charge in [0, 0.05) is 24.9 Å². The summed E-state index contributed by atoms with van der Waals surface area (Å²) in [5.74, 6) is 1.67. The first-order valence-corrected chi connectivity index (χ1v) is 4.06. The first-order chi connectivity index (χ1) is 5.25. The average Bonchev–Trinajstić information content (AvgIpc) is 2.36. The molecular weight excluding hydrogens is 136 g/mol. The maximum Gasteiger partial charge on any atom is 0.111 e. The van der Waals surface area contributed by atoms with Gasteiger partial charge in [0.15, 0.2) is 0 Å². The molecule has 0 aromatic carbocycles. The van der Waals surface area contributed by atoms with E-state index in [2.05, 4.69) is 30.3 Å². The zero-order valence-electron chi connectivity index (χ0n) is 7.25. The summed E-state index contributed by atoms with van der Waals surface area (Å²) in [7, 11) is 0. The lowest BCUT2D eigenvalue weighted by Crippen LogP contribution is -2.03. The highest BCUT2D eigenvalue weighted by Crippen LogP contribution is 2.11. The Morgan fingerprint density at radius 1 is 1.64 bits per heavy atom. The molecule has 1 rings (SSSR count). The van der Waals surface area contributed by atoms with Crippen LogP contribution in [0, 0.1) is 6.92 Å². The lowest BCUT2D eigenvalue weighted by Gasteiger charge is -2.07. The van der Waals surface area contributed by atoms with Crippen LogP contribution in [0.1, 0.15) is 32.0 Å². The van der Waals surface area contributed by atoms with Crippen molar-refractivity contribution in [2.75, 3.05) is 0 Å². The smallest absolute Gasteiger partial charge is 0.111 e. The van der Waals surface area contributed by atoms with Gasteiger partial charge in [0.2, 0.25) is 0 Å². The Bertz CT molecular complexity index is 213. The van der Waals surface area contributed by atoms with Gasteiger partial charge in [-0.2, -0.15) is 0 Å². The standard InChI is InChI=1S/C9H15N2/c1-4-6-11-7-5-10-9(11)8(2)3/h5,7-8H,1,4,6H2,2-3H3. The first kappa shape index (κ1) is 8.31. The van der Waals surface area contributed by atoms with Crippen molar-refractivity contribution in [1.82, 2.24) is 9.55 Å². The van der Waals surface area contributed by atoms with Crippen LogP contribution in [-0.4, -0.2) is 9.55 Å². The van der Waals surface area contributed by atoms with E-state index in [-0.39, 0.29) is 0 Å². The summed E-state index contributed by atoms with van der Waals surface area (Å²) in [4.78, 5) is 4.27. The fraction of sp³-hybridized carbons (Fsp3) is 0.556. The zero-order chi connectivity index (χ0) is 8.27. The van der Waals surface area contributed by atoms with Crippen LogP contribution in [0.3, 0.4) is 0 Å². The van der Waals surface area contributed by atoms with E-state index in [0.717, 1.165) is 18.8 Å². The summed E-state index contributed by atoms with van der Waals surface area (Å²) in [5.41, 5.74) is 0. The van der Waals surface area contributed by atoms with Crippen molar-refractivity contribution >= 4 is 0 Å². The van der Waals surface area contributed by atoms with Crippen molar-refractivity contribution in [1.29, 1.82) is 0 Å². The van der Waals surface area contributed by atoms with E-state index >= 15 is 0 Å². The highest BCUT2D eigenvalue weighted by molar-refractivity contribution is 4.97. The third-order valence-electron chi connectivity index (χ3n) is 1.66. The van der Waals surface area contributed by atoms with Crippen molar-refractivity contribution in [2.45, 2.75) is 32.7 Å². The molecule has 1 heterocycles. The molecule has 0 aliphatic rings. The quantitative estimate of drug-likeness (QED) is 0.647. The van der Waals surface area contributed by atoms with Crippen molar-refractivity contribution < 1.29 is 0 Å². The van der Waals surface area contributed by atoms with Gasteiger partial charge in [-0.15, -0.1) is 0 Å². The molecule has 0 spiro atoms. The molecule has 0 amide bonds. The fourth-order valence-electron chi connectivity index (χ4n) is 1.18. The lowest BCUT2D eigenvalue weighted by atomic mass is 10.2. The van der Waals surface area contributed by atoms with Crippen LogP contribution < -0.4 is 0 Å². The summed E-state index contributed by atoms with van der Waals surface area (Å²) in [6, 6.07) is 0. The molecule has 0 bridgehead atoms. The molecule has 1 aromatic heterocycles. The Hall–Kier alpha value is -0.790. The van der Waals surface area contributed by atoms with Gasteiger partial charge < -0.3 is 4.57 Å². The van der Waals surface area contributed by atoms with Crippen LogP contribution in [0.4, 0.5) is 0 Å². The Balaban J connectivity index is 2.78. The van der Waals surface area contributed by atoms with Crippen molar-refractivity contribution in [3.63, 3.8) is 0 Å². The van der Waals surface area contributed by atoms with Crippen LogP contribution in [0.5, 0.6) is 0 Å². The van der Waals surface area contributed by atoms with Gasteiger partial charge in [0.05, 0.1) is 0 Å². The third kappa shape index (κ3) is 1.82. The average molecular weight is 151 g/mol. The second kappa shape index (κ2) is 3.56. The molecule has 0 aliphatic carbocycles. The molecular formula is C9H15N2. The molecule has 2 nitrogen and oxygen atoms in total. The van der Waals surface area contributed by atoms with Crippen LogP contribution in [-0.2, 0) is 6.54 Å². The van der Waals surface area contributed by atoms with Gasteiger partial charge in [-0.3, -0.25) is 0 Å². The van der Waals surface area contributed by atoms with Gasteiger partial charge in [-0.1, -0.05) is 20.8 Å².